The van der Waals surface area contributed by atoms with Crippen molar-refractivity contribution in [3.8, 4) is 5.75 Å². The summed E-state index contributed by atoms with van der Waals surface area (Å²) in [6, 6.07) is 7.41. The number of rotatable bonds is 6. The van der Waals surface area contributed by atoms with Crippen molar-refractivity contribution in [2.75, 3.05) is 11.4 Å². The second-order valence-corrected chi connectivity index (χ2v) is 6.47. The van der Waals surface area contributed by atoms with Gasteiger partial charge in [0.15, 0.2) is 6.10 Å². The molecule has 27 heavy (non-hydrogen) atoms. The van der Waals surface area contributed by atoms with Gasteiger partial charge in [-0.2, -0.15) is 0 Å². The molecule has 3 rings (SSSR count). The SMILES string of the molecule is CC(C)C1Oc2ccc([N+](=O)[O-])cc2N(CC(=O)NCc2ccco2)C1=O. The maximum atomic E-state index is 12.8. The lowest BCUT2D eigenvalue weighted by Crippen LogP contribution is -2.51. The summed E-state index contributed by atoms with van der Waals surface area (Å²) in [5.74, 6) is -0.0484. The molecule has 0 saturated heterocycles. The van der Waals surface area contributed by atoms with Gasteiger partial charge in [-0.3, -0.25) is 24.6 Å². The van der Waals surface area contributed by atoms with Crippen molar-refractivity contribution in [1.82, 2.24) is 5.32 Å². The Morgan fingerprint density at radius 2 is 2.15 bits per heavy atom. The van der Waals surface area contributed by atoms with E-state index in [1.54, 1.807) is 12.1 Å². The summed E-state index contributed by atoms with van der Waals surface area (Å²) < 4.78 is 10.9. The van der Waals surface area contributed by atoms with E-state index in [9.17, 15) is 19.7 Å². The van der Waals surface area contributed by atoms with Gasteiger partial charge in [0.25, 0.3) is 11.6 Å². The first-order chi connectivity index (χ1) is 12.9. The van der Waals surface area contributed by atoms with Crippen LogP contribution in [-0.2, 0) is 16.1 Å². The minimum absolute atomic E-state index is 0.130. The molecule has 0 bridgehead atoms. The molecule has 2 aromatic rings. The van der Waals surface area contributed by atoms with Crippen LogP contribution >= 0.6 is 0 Å². The molecule has 0 aliphatic carbocycles. The Morgan fingerprint density at radius 3 is 2.78 bits per heavy atom. The third-order valence-corrected chi connectivity index (χ3v) is 4.15. The molecule has 0 fully saturated rings. The molecule has 1 aromatic heterocycles. The third-order valence-electron chi connectivity index (χ3n) is 4.15. The van der Waals surface area contributed by atoms with Crippen molar-refractivity contribution < 1.29 is 23.7 Å². The Hall–Kier alpha value is -3.36. The summed E-state index contributed by atoms with van der Waals surface area (Å²) in [7, 11) is 0. The van der Waals surface area contributed by atoms with Crippen molar-refractivity contribution in [3.05, 3.63) is 52.5 Å². The van der Waals surface area contributed by atoms with Crippen molar-refractivity contribution in [1.29, 1.82) is 0 Å². The molecule has 9 nitrogen and oxygen atoms in total. The van der Waals surface area contributed by atoms with Crippen LogP contribution in [0.15, 0.2) is 41.0 Å². The van der Waals surface area contributed by atoms with E-state index in [-0.39, 0.29) is 30.4 Å². The van der Waals surface area contributed by atoms with Crippen LogP contribution in [0.1, 0.15) is 19.6 Å². The zero-order chi connectivity index (χ0) is 19.6. The number of benzene rings is 1. The van der Waals surface area contributed by atoms with Gasteiger partial charge in [0.1, 0.15) is 18.1 Å². The van der Waals surface area contributed by atoms with Gasteiger partial charge < -0.3 is 14.5 Å². The molecule has 1 aromatic carbocycles. The normalized spacial score (nSPS) is 16.0. The number of carbonyl (C=O) groups excluding carboxylic acids is 2. The molecule has 142 valence electrons. The molecule has 0 saturated carbocycles. The predicted molar refractivity (Wildman–Crippen MR) is 95.3 cm³/mol. The van der Waals surface area contributed by atoms with Gasteiger partial charge in [0.2, 0.25) is 5.91 Å². The average Bonchev–Trinajstić information content (AvgIpc) is 3.15. The highest BCUT2D eigenvalue weighted by molar-refractivity contribution is 6.04. The molecular formula is C18H19N3O6. The van der Waals surface area contributed by atoms with E-state index in [0.29, 0.717) is 11.5 Å². The lowest BCUT2D eigenvalue weighted by Gasteiger charge is -2.35. The molecule has 0 spiro atoms. The second kappa shape index (κ2) is 7.48. The molecule has 1 atom stereocenters. The number of nitrogens with one attached hydrogen (secondary N) is 1. The highest BCUT2D eigenvalue weighted by atomic mass is 16.6. The van der Waals surface area contributed by atoms with Gasteiger partial charge in [-0.1, -0.05) is 13.8 Å². The summed E-state index contributed by atoms with van der Waals surface area (Å²) in [4.78, 5) is 36.9. The van der Waals surface area contributed by atoms with Crippen LogP contribution in [0.2, 0.25) is 0 Å². The van der Waals surface area contributed by atoms with E-state index in [4.69, 9.17) is 9.15 Å². The Bertz CT molecular complexity index is 862. The summed E-state index contributed by atoms with van der Waals surface area (Å²) in [5, 5.41) is 13.7. The Morgan fingerprint density at radius 1 is 1.37 bits per heavy atom. The van der Waals surface area contributed by atoms with Gasteiger partial charge in [0.05, 0.1) is 23.4 Å². The van der Waals surface area contributed by atoms with Crippen LogP contribution in [-0.4, -0.2) is 29.4 Å². The number of fused-ring (bicyclic) bond motifs is 1. The number of ether oxygens (including phenoxy) is 1. The second-order valence-electron chi connectivity index (χ2n) is 6.47. The number of nitro groups is 1. The number of furan rings is 1. The molecule has 9 heteroatoms. The number of anilines is 1. The van der Waals surface area contributed by atoms with E-state index < -0.39 is 22.8 Å². The number of amides is 2. The van der Waals surface area contributed by atoms with Crippen LogP contribution < -0.4 is 15.0 Å². The van der Waals surface area contributed by atoms with Crippen molar-refractivity contribution in [2.45, 2.75) is 26.5 Å². The molecule has 2 amide bonds. The lowest BCUT2D eigenvalue weighted by atomic mass is 10.0. The van der Waals surface area contributed by atoms with E-state index in [1.165, 1.54) is 29.4 Å². The Labute approximate surface area is 155 Å². The van der Waals surface area contributed by atoms with E-state index >= 15 is 0 Å². The first-order valence-electron chi connectivity index (χ1n) is 8.42. The molecule has 1 aliphatic heterocycles. The molecule has 1 unspecified atom stereocenters. The third kappa shape index (κ3) is 3.91. The quantitative estimate of drug-likeness (QED) is 0.613. The predicted octanol–water partition coefficient (Wildman–Crippen LogP) is 2.25. The number of nitrogens with zero attached hydrogens (tertiary/aromatic N) is 2. The van der Waals surface area contributed by atoms with Crippen LogP contribution in [0, 0.1) is 16.0 Å². The first-order valence-corrected chi connectivity index (χ1v) is 8.42. The minimum Gasteiger partial charge on any atom is -0.478 e. The summed E-state index contributed by atoms with van der Waals surface area (Å²) >= 11 is 0. The fraction of sp³-hybridized carbons (Fsp3) is 0.333. The van der Waals surface area contributed by atoms with E-state index in [2.05, 4.69) is 5.32 Å². The zero-order valence-electron chi connectivity index (χ0n) is 14.9. The van der Waals surface area contributed by atoms with Gasteiger partial charge >= 0.3 is 0 Å². The molecule has 0 radical (unpaired) electrons. The van der Waals surface area contributed by atoms with Crippen LogP contribution in [0.4, 0.5) is 11.4 Å². The number of non-ortho nitro benzene ring substituents is 1. The standard InChI is InChI=1S/C18H19N3O6/c1-11(2)17-18(23)20(10-16(22)19-9-13-4-3-7-26-13)14-8-12(21(24)25)5-6-15(14)27-17/h3-8,11,17H,9-10H2,1-2H3,(H,19,22). The van der Waals surface area contributed by atoms with E-state index in [1.807, 2.05) is 13.8 Å². The number of hydrogen-bond acceptors (Lipinski definition) is 6. The smallest absolute Gasteiger partial charge is 0.271 e. The van der Waals surface area contributed by atoms with E-state index in [0.717, 1.165) is 0 Å². The zero-order valence-corrected chi connectivity index (χ0v) is 14.9. The van der Waals surface area contributed by atoms with Crippen LogP contribution in [0.25, 0.3) is 0 Å². The number of nitro benzene ring substituents is 1. The summed E-state index contributed by atoms with van der Waals surface area (Å²) in [5.41, 5.74) is 0.0217. The summed E-state index contributed by atoms with van der Waals surface area (Å²) in [6.07, 6.45) is 0.729. The van der Waals surface area contributed by atoms with Gasteiger partial charge in [0, 0.05) is 12.1 Å². The van der Waals surface area contributed by atoms with Gasteiger partial charge in [-0.05, 0) is 24.1 Å². The van der Waals surface area contributed by atoms with Gasteiger partial charge in [-0.15, -0.1) is 0 Å². The molecule has 1 aliphatic rings. The molecule has 1 N–H and O–H groups in total. The average molecular weight is 373 g/mol. The van der Waals surface area contributed by atoms with Gasteiger partial charge in [-0.25, -0.2) is 0 Å². The Kier molecular flexibility index (Phi) is 5.11. The highest BCUT2D eigenvalue weighted by Crippen LogP contribution is 2.38. The molecular weight excluding hydrogens is 354 g/mol. The van der Waals surface area contributed by atoms with Crippen molar-refractivity contribution in [3.63, 3.8) is 0 Å². The van der Waals surface area contributed by atoms with Crippen LogP contribution in [0.5, 0.6) is 5.75 Å². The van der Waals surface area contributed by atoms with Crippen LogP contribution in [0.3, 0.4) is 0 Å². The minimum atomic E-state index is -0.767. The number of carbonyl (C=O) groups is 2. The fourth-order valence-corrected chi connectivity index (χ4v) is 2.77. The van der Waals surface area contributed by atoms with Crippen molar-refractivity contribution >= 4 is 23.2 Å². The monoisotopic (exact) mass is 373 g/mol. The first kappa shape index (κ1) is 18.4. The maximum absolute atomic E-state index is 12.8. The lowest BCUT2D eigenvalue weighted by molar-refractivity contribution is -0.384. The number of hydrogen-bond donors (Lipinski definition) is 1. The Balaban J connectivity index is 1.84. The summed E-state index contributed by atoms with van der Waals surface area (Å²) in [6.45, 7) is 3.56. The fourth-order valence-electron chi connectivity index (χ4n) is 2.77. The topological polar surface area (TPSA) is 115 Å². The highest BCUT2D eigenvalue weighted by Gasteiger charge is 2.38. The molecule has 2 heterocycles. The van der Waals surface area contributed by atoms with Crippen molar-refractivity contribution in [2.24, 2.45) is 5.92 Å². The maximum Gasteiger partial charge on any atom is 0.271 e. The largest absolute Gasteiger partial charge is 0.478 e.